The van der Waals surface area contributed by atoms with E-state index in [0.717, 1.165) is 18.7 Å². The summed E-state index contributed by atoms with van der Waals surface area (Å²) in [6, 6.07) is 0. The van der Waals surface area contributed by atoms with Crippen LogP contribution < -0.4 is 10.5 Å². The van der Waals surface area contributed by atoms with Crippen LogP contribution in [0.1, 0.15) is 12.8 Å². The minimum Gasteiger partial charge on any atom is -0.370 e. The van der Waals surface area contributed by atoms with Crippen LogP contribution >= 0.6 is 15.9 Å². The number of likely N-dealkylation sites (tertiary alicyclic amines) is 1. The minimum atomic E-state index is -0.165. The highest BCUT2D eigenvalue weighted by Crippen LogP contribution is 2.20. The summed E-state index contributed by atoms with van der Waals surface area (Å²) in [7, 11) is 3.50. The standard InChI is InChI=1S/C12H17BrN4O2/c1-15(6-7-17-5-3-4-10(17)18)9-8-14-16(2)12(19)11(9)13/h8H,3-7H2,1-2H3. The van der Waals surface area contributed by atoms with Gasteiger partial charge >= 0.3 is 0 Å². The summed E-state index contributed by atoms with van der Waals surface area (Å²) in [5.41, 5.74) is 0.580. The molecule has 0 aliphatic carbocycles. The summed E-state index contributed by atoms with van der Waals surface area (Å²) < 4.78 is 1.78. The van der Waals surface area contributed by atoms with Crippen LogP contribution in [0.3, 0.4) is 0 Å². The molecule has 19 heavy (non-hydrogen) atoms. The van der Waals surface area contributed by atoms with Gasteiger partial charge in [-0.15, -0.1) is 0 Å². The molecule has 0 atom stereocenters. The topological polar surface area (TPSA) is 58.4 Å². The van der Waals surface area contributed by atoms with Gasteiger partial charge in [0.15, 0.2) is 0 Å². The maximum Gasteiger partial charge on any atom is 0.282 e. The van der Waals surface area contributed by atoms with Crippen LogP contribution in [-0.4, -0.2) is 47.3 Å². The molecule has 104 valence electrons. The molecule has 0 aromatic carbocycles. The first kappa shape index (κ1) is 14.0. The van der Waals surface area contributed by atoms with Gasteiger partial charge in [-0.2, -0.15) is 5.10 Å². The normalized spacial score (nSPS) is 15.1. The highest BCUT2D eigenvalue weighted by Gasteiger charge is 2.20. The lowest BCUT2D eigenvalue weighted by Gasteiger charge is -2.23. The maximum atomic E-state index is 11.8. The van der Waals surface area contributed by atoms with E-state index in [-0.39, 0.29) is 11.5 Å². The van der Waals surface area contributed by atoms with E-state index < -0.39 is 0 Å². The number of rotatable bonds is 4. The Bertz CT molecular complexity index is 543. The quantitative estimate of drug-likeness (QED) is 0.812. The number of anilines is 1. The number of amides is 1. The van der Waals surface area contributed by atoms with Gasteiger partial charge in [0, 0.05) is 40.2 Å². The zero-order chi connectivity index (χ0) is 14.0. The molecule has 0 saturated carbocycles. The number of hydrogen-bond acceptors (Lipinski definition) is 4. The van der Waals surface area contributed by atoms with E-state index in [1.54, 1.807) is 13.2 Å². The average Bonchev–Trinajstić information content (AvgIpc) is 2.79. The molecule has 0 unspecified atom stereocenters. The van der Waals surface area contributed by atoms with Crippen molar-refractivity contribution in [2.75, 3.05) is 31.6 Å². The van der Waals surface area contributed by atoms with Gasteiger partial charge in [-0.1, -0.05) is 0 Å². The lowest BCUT2D eigenvalue weighted by molar-refractivity contribution is -0.127. The number of hydrogen-bond donors (Lipinski definition) is 0. The number of aromatic nitrogens is 2. The second-order valence-corrected chi connectivity index (χ2v) is 5.47. The molecule has 6 nitrogen and oxygen atoms in total. The van der Waals surface area contributed by atoms with Gasteiger partial charge in [0.2, 0.25) is 5.91 Å². The number of carbonyl (C=O) groups is 1. The van der Waals surface area contributed by atoms with Crippen LogP contribution in [0.15, 0.2) is 15.5 Å². The van der Waals surface area contributed by atoms with Crippen molar-refractivity contribution < 1.29 is 4.79 Å². The molecule has 0 N–H and O–H groups in total. The zero-order valence-electron chi connectivity index (χ0n) is 11.1. The Morgan fingerprint density at radius 3 is 2.84 bits per heavy atom. The van der Waals surface area contributed by atoms with Gasteiger partial charge in [0.1, 0.15) is 4.47 Å². The van der Waals surface area contributed by atoms with Crippen LogP contribution in [0.2, 0.25) is 0 Å². The first-order chi connectivity index (χ1) is 9.00. The average molecular weight is 329 g/mol. The van der Waals surface area contributed by atoms with Gasteiger partial charge in [0.05, 0.1) is 11.9 Å². The Morgan fingerprint density at radius 1 is 1.47 bits per heavy atom. The number of nitrogens with zero attached hydrogens (tertiary/aromatic N) is 4. The second kappa shape index (κ2) is 5.73. The molecule has 0 bridgehead atoms. The van der Waals surface area contributed by atoms with Crippen LogP contribution in [0.25, 0.3) is 0 Å². The van der Waals surface area contributed by atoms with Gasteiger partial charge in [-0.3, -0.25) is 9.59 Å². The summed E-state index contributed by atoms with van der Waals surface area (Å²) in [4.78, 5) is 27.1. The molecular weight excluding hydrogens is 312 g/mol. The summed E-state index contributed by atoms with van der Waals surface area (Å²) in [6.07, 6.45) is 3.25. The van der Waals surface area contributed by atoms with E-state index in [0.29, 0.717) is 24.0 Å². The minimum absolute atomic E-state index is 0.165. The fraction of sp³-hybridized carbons (Fsp3) is 0.583. The fourth-order valence-corrected chi connectivity index (χ4v) is 2.76. The van der Waals surface area contributed by atoms with E-state index in [1.807, 2.05) is 16.8 Å². The van der Waals surface area contributed by atoms with Crippen molar-refractivity contribution in [2.45, 2.75) is 12.8 Å². The molecule has 0 spiro atoms. The van der Waals surface area contributed by atoms with Crippen LogP contribution in [-0.2, 0) is 11.8 Å². The Balaban J connectivity index is 2.04. The highest BCUT2D eigenvalue weighted by molar-refractivity contribution is 9.10. The van der Waals surface area contributed by atoms with E-state index in [1.165, 1.54) is 4.68 Å². The molecule has 7 heteroatoms. The van der Waals surface area contributed by atoms with Crippen molar-refractivity contribution in [3.8, 4) is 0 Å². The van der Waals surface area contributed by atoms with E-state index in [2.05, 4.69) is 21.0 Å². The van der Waals surface area contributed by atoms with Crippen molar-refractivity contribution in [3.63, 3.8) is 0 Å². The molecular formula is C12H17BrN4O2. The van der Waals surface area contributed by atoms with E-state index >= 15 is 0 Å². The number of carbonyl (C=O) groups excluding carboxylic acids is 1. The number of likely N-dealkylation sites (N-methyl/N-ethyl adjacent to an activating group) is 1. The zero-order valence-corrected chi connectivity index (χ0v) is 12.7. The lowest BCUT2D eigenvalue weighted by Crippen LogP contribution is -2.35. The number of aryl methyl sites for hydroxylation is 1. The summed E-state index contributed by atoms with van der Waals surface area (Å²) in [6.45, 7) is 2.19. The van der Waals surface area contributed by atoms with Crippen molar-refractivity contribution in [1.82, 2.24) is 14.7 Å². The molecule has 2 heterocycles. The Morgan fingerprint density at radius 2 is 2.21 bits per heavy atom. The van der Waals surface area contributed by atoms with Crippen molar-refractivity contribution in [2.24, 2.45) is 7.05 Å². The van der Waals surface area contributed by atoms with Gasteiger partial charge in [0.25, 0.3) is 5.56 Å². The number of halogens is 1. The van der Waals surface area contributed by atoms with Crippen LogP contribution in [0, 0.1) is 0 Å². The SMILES string of the molecule is CN(CCN1CCCC1=O)c1cnn(C)c(=O)c1Br. The summed E-state index contributed by atoms with van der Waals surface area (Å²) in [5, 5.41) is 4.01. The third-order valence-electron chi connectivity index (χ3n) is 3.35. The predicted octanol–water partition coefficient (Wildman–Crippen LogP) is 0.601. The van der Waals surface area contributed by atoms with Crippen molar-refractivity contribution >= 4 is 27.5 Å². The Labute approximate surface area is 120 Å². The fourth-order valence-electron chi connectivity index (χ4n) is 2.10. The van der Waals surface area contributed by atoms with Crippen molar-refractivity contribution in [1.29, 1.82) is 0 Å². The molecule has 1 aromatic rings. The molecule has 1 aliphatic heterocycles. The highest BCUT2D eigenvalue weighted by atomic mass is 79.9. The van der Waals surface area contributed by atoms with Crippen LogP contribution in [0.5, 0.6) is 0 Å². The third kappa shape index (κ3) is 2.97. The van der Waals surface area contributed by atoms with Gasteiger partial charge in [-0.25, -0.2) is 4.68 Å². The molecule has 1 aromatic heterocycles. The van der Waals surface area contributed by atoms with E-state index in [4.69, 9.17) is 0 Å². The third-order valence-corrected chi connectivity index (χ3v) is 4.09. The first-order valence-electron chi connectivity index (χ1n) is 6.21. The largest absolute Gasteiger partial charge is 0.370 e. The summed E-state index contributed by atoms with van der Waals surface area (Å²) in [5.74, 6) is 0.217. The molecule has 0 radical (unpaired) electrons. The molecule has 2 rings (SSSR count). The molecule has 1 fully saturated rings. The predicted molar refractivity (Wildman–Crippen MR) is 76.3 cm³/mol. The summed E-state index contributed by atoms with van der Waals surface area (Å²) >= 11 is 3.30. The Hall–Kier alpha value is -1.37. The Kier molecular flexibility index (Phi) is 4.24. The maximum absolute atomic E-state index is 11.8. The smallest absolute Gasteiger partial charge is 0.282 e. The van der Waals surface area contributed by atoms with Gasteiger partial charge in [-0.05, 0) is 22.4 Å². The molecule has 1 saturated heterocycles. The van der Waals surface area contributed by atoms with E-state index in [9.17, 15) is 9.59 Å². The van der Waals surface area contributed by atoms with Crippen LogP contribution in [0.4, 0.5) is 5.69 Å². The molecule has 1 aliphatic rings. The first-order valence-corrected chi connectivity index (χ1v) is 7.00. The lowest BCUT2D eigenvalue weighted by atomic mass is 10.4. The molecule has 1 amide bonds. The monoisotopic (exact) mass is 328 g/mol. The van der Waals surface area contributed by atoms with Crippen molar-refractivity contribution in [3.05, 3.63) is 21.0 Å². The second-order valence-electron chi connectivity index (χ2n) is 4.68. The van der Waals surface area contributed by atoms with Gasteiger partial charge < -0.3 is 9.80 Å².